The van der Waals surface area contributed by atoms with Crippen molar-refractivity contribution < 1.29 is 0 Å². The molecule has 0 atom stereocenters. The van der Waals surface area contributed by atoms with E-state index >= 15 is 0 Å². The molecule has 0 fully saturated rings. The summed E-state index contributed by atoms with van der Waals surface area (Å²) in [5.41, 5.74) is 0.704. The first-order chi connectivity index (χ1) is 7.76. The van der Waals surface area contributed by atoms with Crippen LogP contribution in [-0.4, -0.2) is 6.54 Å². The topological polar surface area (TPSA) is 72.3 Å². The van der Waals surface area contributed by atoms with Crippen molar-refractivity contribution in [1.29, 1.82) is 10.5 Å². The number of nitriles is 2. The molecule has 0 radical (unpaired) electrons. The van der Waals surface area contributed by atoms with Gasteiger partial charge in [-0.15, -0.1) is 0 Å². The van der Waals surface area contributed by atoms with Gasteiger partial charge in [-0.05, 0) is 30.7 Å². The van der Waals surface area contributed by atoms with Crippen molar-refractivity contribution in [1.82, 2.24) is 0 Å². The average Bonchev–Trinajstić information content (AvgIpc) is 2.32. The molecule has 5 heteroatoms. The fourth-order valence-corrected chi connectivity index (χ4v) is 1.11. The van der Waals surface area contributed by atoms with Crippen molar-refractivity contribution in [2.75, 3.05) is 6.54 Å². The fourth-order valence-electron chi connectivity index (χ4n) is 0.984. The summed E-state index contributed by atoms with van der Waals surface area (Å²) in [7, 11) is 0. The molecule has 0 aromatic heterocycles. The Morgan fingerprint density at radius 1 is 1.19 bits per heavy atom. The average molecular weight is 233 g/mol. The Morgan fingerprint density at radius 2 is 1.81 bits per heavy atom. The Labute approximate surface area is 98.8 Å². The summed E-state index contributed by atoms with van der Waals surface area (Å²) < 4.78 is 0. The lowest BCUT2D eigenvalue weighted by atomic mass is 10.1. The molecule has 0 N–H and O–H groups in total. The fraction of sp³-hybridized carbons (Fsp3) is 0.273. The first kappa shape index (κ1) is 12.2. The van der Waals surface area contributed by atoms with E-state index in [9.17, 15) is 0 Å². The minimum atomic E-state index is -0.607. The van der Waals surface area contributed by atoms with Gasteiger partial charge in [0.2, 0.25) is 0 Å². The third kappa shape index (κ3) is 4.08. The van der Waals surface area contributed by atoms with Crippen molar-refractivity contribution in [3.63, 3.8) is 0 Å². The number of azo groups is 1. The van der Waals surface area contributed by atoms with Gasteiger partial charge in [0.15, 0.2) is 0 Å². The van der Waals surface area contributed by atoms with E-state index in [1.165, 1.54) is 0 Å². The number of nitrogens with zero attached hydrogens (tertiary/aromatic N) is 4. The zero-order valence-electron chi connectivity index (χ0n) is 8.47. The Bertz CT molecular complexity index is 425. The van der Waals surface area contributed by atoms with Gasteiger partial charge in [0.25, 0.3) is 0 Å². The van der Waals surface area contributed by atoms with E-state index in [2.05, 4.69) is 10.2 Å². The first-order valence-electron chi connectivity index (χ1n) is 4.68. The molecule has 1 aromatic carbocycles. The molecule has 0 aliphatic rings. The lowest BCUT2D eigenvalue weighted by Crippen LogP contribution is -1.94. The van der Waals surface area contributed by atoms with Gasteiger partial charge >= 0.3 is 0 Å². The van der Waals surface area contributed by atoms with Crippen LogP contribution in [0.5, 0.6) is 0 Å². The molecule has 0 amide bonds. The zero-order chi connectivity index (χ0) is 11.8. The van der Waals surface area contributed by atoms with Crippen molar-refractivity contribution in [3.05, 3.63) is 29.3 Å². The van der Waals surface area contributed by atoms with E-state index in [1.54, 1.807) is 24.3 Å². The van der Waals surface area contributed by atoms with Gasteiger partial charge in [-0.25, -0.2) is 0 Å². The highest BCUT2D eigenvalue weighted by Gasteiger charge is 2.02. The maximum atomic E-state index is 8.51. The predicted octanol–water partition coefficient (Wildman–Crippen LogP) is 3.48. The molecule has 80 valence electrons. The largest absolute Gasteiger partial charge is 0.197 e. The predicted molar refractivity (Wildman–Crippen MR) is 60.2 cm³/mol. The van der Waals surface area contributed by atoms with E-state index < -0.39 is 5.92 Å². The Hall–Kier alpha value is -1.91. The van der Waals surface area contributed by atoms with Crippen LogP contribution in [0.15, 0.2) is 34.5 Å². The maximum absolute atomic E-state index is 8.51. The highest BCUT2D eigenvalue weighted by atomic mass is 35.5. The van der Waals surface area contributed by atoms with Crippen molar-refractivity contribution in [2.24, 2.45) is 16.1 Å². The van der Waals surface area contributed by atoms with Gasteiger partial charge in [-0.1, -0.05) is 11.6 Å². The zero-order valence-corrected chi connectivity index (χ0v) is 9.22. The van der Waals surface area contributed by atoms with Crippen molar-refractivity contribution >= 4 is 17.3 Å². The third-order valence-corrected chi connectivity index (χ3v) is 2.09. The Morgan fingerprint density at radius 3 is 2.38 bits per heavy atom. The Kier molecular flexibility index (Phi) is 4.98. The molecule has 0 heterocycles. The van der Waals surface area contributed by atoms with Gasteiger partial charge in [0, 0.05) is 5.02 Å². The summed E-state index contributed by atoms with van der Waals surface area (Å²) >= 11 is 5.71. The molecule has 0 unspecified atom stereocenters. The van der Waals surface area contributed by atoms with Gasteiger partial charge in [0.05, 0.1) is 24.4 Å². The number of hydrogen-bond donors (Lipinski definition) is 0. The van der Waals surface area contributed by atoms with E-state index in [-0.39, 0.29) is 0 Å². The van der Waals surface area contributed by atoms with Gasteiger partial charge < -0.3 is 0 Å². The van der Waals surface area contributed by atoms with E-state index in [4.69, 9.17) is 22.1 Å². The van der Waals surface area contributed by atoms with Crippen LogP contribution in [0.3, 0.4) is 0 Å². The van der Waals surface area contributed by atoms with Gasteiger partial charge in [-0.2, -0.15) is 20.8 Å². The molecule has 16 heavy (non-hydrogen) atoms. The van der Waals surface area contributed by atoms with Crippen LogP contribution in [0.25, 0.3) is 0 Å². The maximum Gasteiger partial charge on any atom is 0.135 e. The SMILES string of the molecule is N#CC(C#N)CCN=Nc1ccc(Cl)cc1. The van der Waals surface area contributed by atoms with Crippen molar-refractivity contribution in [2.45, 2.75) is 6.42 Å². The molecule has 0 saturated heterocycles. The third-order valence-electron chi connectivity index (χ3n) is 1.84. The highest BCUT2D eigenvalue weighted by molar-refractivity contribution is 6.30. The summed E-state index contributed by atoms with van der Waals surface area (Å²) in [6.45, 7) is 0.369. The highest BCUT2D eigenvalue weighted by Crippen LogP contribution is 2.16. The van der Waals surface area contributed by atoms with Crippen LogP contribution >= 0.6 is 11.6 Å². The van der Waals surface area contributed by atoms with Crippen LogP contribution in [0.4, 0.5) is 5.69 Å². The van der Waals surface area contributed by atoms with Crippen LogP contribution in [0, 0.1) is 28.6 Å². The molecular weight excluding hydrogens is 224 g/mol. The minimum Gasteiger partial charge on any atom is -0.197 e. The van der Waals surface area contributed by atoms with Crippen molar-refractivity contribution in [3.8, 4) is 12.1 Å². The molecule has 1 aromatic rings. The molecule has 4 nitrogen and oxygen atoms in total. The molecule has 0 saturated carbocycles. The number of halogens is 1. The normalized spacial score (nSPS) is 10.2. The van der Waals surface area contributed by atoms with E-state index in [0.717, 1.165) is 0 Å². The monoisotopic (exact) mass is 232 g/mol. The number of benzene rings is 1. The molecular formula is C11H9ClN4. The second kappa shape index (κ2) is 6.55. The van der Waals surface area contributed by atoms with Crippen LogP contribution in [-0.2, 0) is 0 Å². The van der Waals surface area contributed by atoms with Crippen LogP contribution in [0.1, 0.15) is 6.42 Å². The second-order valence-electron chi connectivity index (χ2n) is 3.04. The van der Waals surface area contributed by atoms with Crippen LogP contribution in [0.2, 0.25) is 5.02 Å². The lowest BCUT2D eigenvalue weighted by molar-refractivity contribution is 0.725. The quantitative estimate of drug-likeness (QED) is 0.746. The van der Waals surface area contributed by atoms with Gasteiger partial charge in [0.1, 0.15) is 5.92 Å². The summed E-state index contributed by atoms with van der Waals surface area (Å²) in [6.07, 6.45) is 0.407. The Balaban J connectivity index is 2.42. The molecule has 0 spiro atoms. The summed E-state index contributed by atoms with van der Waals surface area (Å²) in [4.78, 5) is 0. The first-order valence-corrected chi connectivity index (χ1v) is 5.06. The molecule has 0 bridgehead atoms. The van der Waals surface area contributed by atoms with Gasteiger partial charge in [-0.3, -0.25) is 0 Å². The minimum absolute atomic E-state index is 0.369. The molecule has 0 aliphatic heterocycles. The lowest BCUT2D eigenvalue weighted by Gasteiger charge is -1.94. The number of rotatable bonds is 4. The second-order valence-corrected chi connectivity index (χ2v) is 3.48. The number of hydrogen-bond acceptors (Lipinski definition) is 4. The van der Waals surface area contributed by atoms with E-state index in [0.29, 0.717) is 23.7 Å². The van der Waals surface area contributed by atoms with E-state index in [1.807, 2.05) is 12.1 Å². The summed E-state index contributed by atoms with van der Waals surface area (Å²) in [5, 5.41) is 25.5. The molecule has 1 rings (SSSR count). The summed E-state index contributed by atoms with van der Waals surface area (Å²) in [6, 6.07) is 10.7. The summed E-state index contributed by atoms with van der Waals surface area (Å²) in [5.74, 6) is -0.607. The smallest absolute Gasteiger partial charge is 0.135 e. The van der Waals surface area contributed by atoms with Crippen LogP contribution < -0.4 is 0 Å². The molecule has 0 aliphatic carbocycles. The standard InChI is InChI=1S/C11H9ClN4/c12-10-1-3-11(4-2-10)16-15-6-5-9(7-13)8-14/h1-4,9H,5-6H2.